The highest BCUT2D eigenvalue weighted by molar-refractivity contribution is 5.83. The Morgan fingerprint density at radius 2 is 0.367 bits per heavy atom. The lowest BCUT2D eigenvalue weighted by atomic mass is 9.81. The molecule has 9 aliphatic carbocycles. The molecule has 0 radical (unpaired) electrons. The molecule has 0 amide bonds. The van der Waals surface area contributed by atoms with E-state index in [9.17, 15) is 71.9 Å². The Kier molecular flexibility index (Phi) is 36.3. The first-order valence-corrected chi connectivity index (χ1v) is 38.7. The van der Waals surface area contributed by atoms with E-state index in [-0.39, 0.29) is 144 Å². The van der Waals surface area contributed by atoms with Gasteiger partial charge in [-0.25, -0.2) is 19.2 Å². The van der Waals surface area contributed by atoms with Crippen LogP contribution in [0.15, 0.2) is 38.0 Å². The highest BCUT2D eigenvalue weighted by Gasteiger charge is 2.41. The molecule has 31 nitrogen and oxygen atoms in total. The highest BCUT2D eigenvalue weighted by atomic mass is 16.8. The third-order valence-corrected chi connectivity index (χ3v) is 22.5. The molecule has 0 aromatic rings. The van der Waals surface area contributed by atoms with Gasteiger partial charge in [-0.05, 0) is 231 Å². The van der Waals surface area contributed by atoms with E-state index in [0.717, 1.165) is 18.2 Å². The maximum atomic E-state index is 12.7. The van der Waals surface area contributed by atoms with Crippen LogP contribution in [0.5, 0.6) is 0 Å². The summed E-state index contributed by atoms with van der Waals surface area (Å²) in [5.41, 5.74) is 0. The maximum Gasteiger partial charge on any atom is 0.511 e. The first kappa shape index (κ1) is 87.3. The van der Waals surface area contributed by atoms with E-state index in [0.29, 0.717) is 231 Å². The Labute approximate surface area is 633 Å². The largest absolute Gasteiger partial charge is 0.511 e. The van der Waals surface area contributed by atoms with Crippen LogP contribution in [0.2, 0.25) is 0 Å². The van der Waals surface area contributed by atoms with E-state index in [1.54, 1.807) is 0 Å². The fraction of sp³-hybridized carbons (Fsp3) is 0.731. The number of carbonyl (C=O) groups is 15. The van der Waals surface area contributed by atoms with Gasteiger partial charge < -0.3 is 76.9 Å². The van der Waals surface area contributed by atoms with Crippen LogP contribution in [0.4, 0.5) is 4.79 Å². The van der Waals surface area contributed by atoms with Crippen LogP contribution < -0.4 is 0 Å². The standard InChI is InChI=1S/C26H36O11.2C26H36O10/c1-2-22(27)33-15-34-26(32)37-21-13-7-18(8-14-21)25(31)36-20-11-5-17(6-12-20)24(30)35-19-9-3-16(4-10-19)23(28)29;1-2-22(27)33-15-34-24(30)17-9-13-21(14-10-17)36-26(32)19-5-3-18(4-6-19)25(31)35-20-11-7-16(8-12-20)23(28)29;1-2-22(27)33-15-34-24(30)17-3-5-18(6-4-17)25(31)36-21-13-9-19(10-14-21)26(32)35-20-11-7-16(8-12-20)23(28)29/h2,16-21H,1,3-15H2,(H,28,29);2*2,16-21H,1,3-15H2,(H,28,29). The number of esters is 11. The molecule has 9 aliphatic rings. The number of carboxylic acid groups (broad SMARTS) is 3. The van der Waals surface area contributed by atoms with Crippen molar-refractivity contribution in [2.75, 3.05) is 20.4 Å². The van der Waals surface area contributed by atoms with Crippen LogP contribution in [0, 0.1) is 65.1 Å². The molecule has 0 unspecified atom stereocenters. The van der Waals surface area contributed by atoms with Crippen LogP contribution in [0.25, 0.3) is 0 Å². The van der Waals surface area contributed by atoms with Gasteiger partial charge >= 0.3 is 89.7 Å². The van der Waals surface area contributed by atoms with Crippen molar-refractivity contribution in [1.29, 1.82) is 0 Å². The minimum atomic E-state index is -0.939. The van der Waals surface area contributed by atoms with Gasteiger partial charge in [0.1, 0.15) is 42.7 Å². The Bertz CT molecular complexity index is 3100. The monoisotopic (exact) mass is 1540 g/mol. The predicted molar refractivity (Wildman–Crippen MR) is 374 cm³/mol. The van der Waals surface area contributed by atoms with Crippen LogP contribution in [-0.4, -0.2) is 168 Å². The van der Waals surface area contributed by atoms with Crippen molar-refractivity contribution in [2.45, 2.75) is 274 Å². The van der Waals surface area contributed by atoms with Gasteiger partial charge in [-0.1, -0.05) is 19.7 Å². The van der Waals surface area contributed by atoms with Crippen molar-refractivity contribution in [3.8, 4) is 0 Å². The second-order valence-corrected chi connectivity index (χ2v) is 29.8. The summed E-state index contributed by atoms with van der Waals surface area (Å²) in [7, 11) is 0. The Morgan fingerprint density at radius 3 is 0.550 bits per heavy atom. The Morgan fingerprint density at radius 1 is 0.211 bits per heavy atom. The number of ether oxygens (including phenoxy) is 13. The van der Waals surface area contributed by atoms with Crippen molar-refractivity contribution in [2.24, 2.45) is 65.1 Å². The molecular weight excluding hydrogens is 1430 g/mol. The molecule has 0 spiro atoms. The van der Waals surface area contributed by atoms with Gasteiger partial charge in [-0.2, -0.15) is 0 Å². The summed E-state index contributed by atoms with van der Waals surface area (Å²) in [5.74, 6) is -9.93. The number of aliphatic carboxylic acids is 3. The van der Waals surface area contributed by atoms with E-state index in [1.165, 1.54) is 0 Å². The molecule has 0 aromatic heterocycles. The van der Waals surface area contributed by atoms with Gasteiger partial charge in [-0.3, -0.25) is 52.7 Å². The fourth-order valence-electron chi connectivity index (χ4n) is 15.7. The molecule has 0 bridgehead atoms. The average molecular weight is 1540 g/mol. The predicted octanol–water partition coefficient (Wildman–Crippen LogP) is 10.3. The molecule has 109 heavy (non-hydrogen) atoms. The second-order valence-electron chi connectivity index (χ2n) is 29.8. The third kappa shape index (κ3) is 29.8. The van der Waals surface area contributed by atoms with Crippen LogP contribution in [0.1, 0.15) is 231 Å². The van der Waals surface area contributed by atoms with Crippen LogP contribution in [0.3, 0.4) is 0 Å². The van der Waals surface area contributed by atoms with Gasteiger partial charge in [0, 0.05) is 18.2 Å². The van der Waals surface area contributed by atoms with Gasteiger partial charge in [-0.15, -0.1) is 0 Å². The first-order valence-electron chi connectivity index (χ1n) is 38.7. The normalized spacial score (nSPS) is 30.1. The van der Waals surface area contributed by atoms with Crippen LogP contribution >= 0.6 is 0 Å². The Balaban J connectivity index is 0.000000228. The second kappa shape index (κ2) is 45.3. The Hall–Kier alpha value is -8.93. The van der Waals surface area contributed by atoms with Crippen molar-refractivity contribution in [3.63, 3.8) is 0 Å². The SMILES string of the molecule is C=CC(=O)OCOC(=O)C1CCC(C(=O)OC2CCC(C(=O)OC3CCC(C(=O)O)CC3)CC2)CC1.C=CC(=O)OCOC(=O)C1CCC(OC(=O)C2CCC(C(=O)OC3CCC(C(=O)O)CC3)CC2)CC1.C=CC(=O)OCOC(=O)OC1CCC(C(=O)OC2CCC(C(=O)OC3CCC(C(=O)O)CC3)CC2)CC1. The summed E-state index contributed by atoms with van der Waals surface area (Å²) in [6.07, 6.45) is 20.2. The van der Waals surface area contributed by atoms with Crippen molar-refractivity contribution in [1.82, 2.24) is 0 Å². The zero-order valence-electron chi connectivity index (χ0n) is 62.1. The van der Waals surface area contributed by atoms with Gasteiger partial charge in [0.2, 0.25) is 20.4 Å². The lowest BCUT2D eigenvalue weighted by Gasteiger charge is -2.32. The molecule has 9 saturated carbocycles. The minimum absolute atomic E-state index is 0.210. The third-order valence-electron chi connectivity index (χ3n) is 22.5. The molecule has 0 aromatic carbocycles. The molecule has 31 heteroatoms. The number of carboxylic acids is 3. The quantitative estimate of drug-likeness (QED) is 0.0298. The average Bonchev–Trinajstić information content (AvgIpc) is 0.865. The van der Waals surface area contributed by atoms with E-state index >= 15 is 0 Å². The summed E-state index contributed by atoms with van der Waals surface area (Å²) in [6.45, 7) is 8.30. The van der Waals surface area contributed by atoms with Gasteiger partial charge in [0.25, 0.3) is 0 Å². The summed E-state index contributed by atoms with van der Waals surface area (Å²) >= 11 is 0. The molecule has 9 rings (SSSR count). The van der Waals surface area contributed by atoms with Crippen molar-refractivity contribution < 1.29 is 149 Å². The zero-order valence-corrected chi connectivity index (χ0v) is 62.1. The number of hydrogen-bond acceptors (Lipinski definition) is 28. The van der Waals surface area contributed by atoms with E-state index < -0.39 is 74.3 Å². The number of rotatable bonds is 27. The van der Waals surface area contributed by atoms with Crippen LogP contribution in [-0.2, 0) is 129 Å². The highest BCUT2D eigenvalue weighted by Crippen LogP contribution is 2.39. The maximum absolute atomic E-state index is 12.7. The van der Waals surface area contributed by atoms with Gasteiger partial charge in [0.05, 0.1) is 65.1 Å². The first-order chi connectivity index (χ1) is 52.3. The lowest BCUT2D eigenvalue weighted by molar-refractivity contribution is -0.171. The molecule has 9 fully saturated rings. The number of carbonyl (C=O) groups excluding carboxylic acids is 12. The zero-order chi connectivity index (χ0) is 78.9. The van der Waals surface area contributed by atoms with E-state index in [2.05, 4.69) is 38.7 Å². The number of hydrogen-bond donors (Lipinski definition) is 3. The topological polar surface area (TPSA) is 437 Å². The van der Waals surface area contributed by atoms with Gasteiger partial charge in [0.15, 0.2) is 0 Å². The molecule has 0 heterocycles. The molecule has 3 N–H and O–H groups in total. The summed E-state index contributed by atoms with van der Waals surface area (Å²) < 4.78 is 67.6. The molecular formula is C78H108O31. The molecule has 606 valence electrons. The molecule has 0 aliphatic heterocycles. The summed E-state index contributed by atoms with van der Waals surface area (Å²) in [4.78, 5) is 178. The van der Waals surface area contributed by atoms with Crippen molar-refractivity contribution in [3.05, 3.63) is 38.0 Å². The summed E-state index contributed by atoms with van der Waals surface area (Å²) in [5, 5.41) is 27.3. The molecule has 0 atom stereocenters. The summed E-state index contributed by atoms with van der Waals surface area (Å²) in [6, 6.07) is 0. The van der Waals surface area contributed by atoms with E-state index in [4.69, 9.17) is 58.0 Å². The lowest BCUT2D eigenvalue weighted by Crippen LogP contribution is -2.35. The minimum Gasteiger partial charge on any atom is -0.481 e. The van der Waals surface area contributed by atoms with E-state index in [1.807, 2.05) is 0 Å². The van der Waals surface area contributed by atoms with Crippen molar-refractivity contribution >= 4 is 89.7 Å². The molecule has 0 saturated heterocycles. The fourth-order valence-corrected chi connectivity index (χ4v) is 15.7. The smallest absolute Gasteiger partial charge is 0.481 e.